The number of nitrogens with zero attached hydrogens (tertiary/aromatic N) is 3. The number of carboxylic acids is 1. The first-order chi connectivity index (χ1) is 8.97. The fourth-order valence-corrected chi connectivity index (χ4v) is 1.99. The van der Waals surface area contributed by atoms with E-state index in [0.717, 1.165) is 11.8 Å². The molecule has 0 aliphatic carbocycles. The van der Waals surface area contributed by atoms with E-state index in [1.54, 1.807) is 6.07 Å². The van der Waals surface area contributed by atoms with Crippen molar-refractivity contribution in [1.29, 1.82) is 0 Å². The zero-order valence-electron chi connectivity index (χ0n) is 9.65. The second-order valence-corrected chi connectivity index (χ2v) is 4.53. The summed E-state index contributed by atoms with van der Waals surface area (Å²) in [5, 5.41) is 11.3. The molecule has 0 aliphatic rings. The normalized spacial score (nSPS) is 10.4. The van der Waals surface area contributed by atoms with E-state index in [0.29, 0.717) is 4.90 Å². The minimum Gasteiger partial charge on any atom is -0.477 e. The zero-order valence-corrected chi connectivity index (χ0v) is 10.5. The minimum atomic E-state index is -1.12. The molecule has 0 aliphatic heterocycles. The molecule has 0 bridgehead atoms. The Kier molecular flexibility index (Phi) is 3.47. The second kappa shape index (κ2) is 5.06. The van der Waals surface area contributed by atoms with E-state index in [9.17, 15) is 14.4 Å². The molecule has 0 saturated carbocycles. The van der Waals surface area contributed by atoms with Crippen LogP contribution in [0.1, 0.15) is 10.5 Å². The summed E-state index contributed by atoms with van der Waals surface area (Å²) < 4.78 is 1.31. The Labute approximate surface area is 110 Å². The van der Waals surface area contributed by atoms with Crippen LogP contribution in [0.15, 0.2) is 38.0 Å². The van der Waals surface area contributed by atoms with Crippen LogP contribution >= 0.6 is 11.8 Å². The fraction of sp³-hybridized carbons (Fsp3) is 0.100. The molecule has 9 heteroatoms. The van der Waals surface area contributed by atoms with Crippen LogP contribution in [0.3, 0.4) is 0 Å². The van der Waals surface area contributed by atoms with Crippen molar-refractivity contribution >= 4 is 17.7 Å². The molecule has 2 rings (SSSR count). The van der Waals surface area contributed by atoms with Crippen molar-refractivity contribution in [3.8, 4) is 0 Å². The van der Waals surface area contributed by atoms with Gasteiger partial charge >= 0.3 is 17.1 Å². The van der Waals surface area contributed by atoms with Gasteiger partial charge in [-0.3, -0.25) is 19.4 Å². The van der Waals surface area contributed by atoms with Gasteiger partial charge in [0, 0.05) is 18.1 Å². The first-order valence-corrected chi connectivity index (χ1v) is 5.83. The molecule has 0 saturated heterocycles. The largest absolute Gasteiger partial charge is 0.477 e. The summed E-state index contributed by atoms with van der Waals surface area (Å²) in [6.45, 7) is 0. The van der Waals surface area contributed by atoms with Crippen molar-refractivity contribution in [3.05, 3.63) is 44.7 Å². The summed E-state index contributed by atoms with van der Waals surface area (Å²) in [6.07, 6.45) is 1.35. The lowest BCUT2D eigenvalue weighted by molar-refractivity contribution is 0.0690. The van der Waals surface area contributed by atoms with Gasteiger partial charge in [0.05, 0.1) is 0 Å². The van der Waals surface area contributed by atoms with Gasteiger partial charge in [0.15, 0.2) is 5.16 Å². The van der Waals surface area contributed by atoms with Gasteiger partial charge in [-0.1, -0.05) is 0 Å². The van der Waals surface area contributed by atoms with Gasteiger partial charge in [-0.15, -0.1) is 0 Å². The molecule has 2 heterocycles. The zero-order chi connectivity index (χ0) is 14.0. The third-order valence-corrected chi connectivity index (χ3v) is 3.14. The summed E-state index contributed by atoms with van der Waals surface area (Å²) in [6, 6.07) is 2.88. The van der Waals surface area contributed by atoms with E-state index < -0.39 is 17.1 Å². The van der Waals surface area contributed by atoms with E-state index in [2.05, 4.69) is 15.1 Å². The van der Waals surface area contributed by atoms with Gasteiger partial charge in [-0.2, -0.15) is 4.98 Å². The van der Waals surface area contributed by atoms with E-state index in [1.165, 1.54) is 24.0 Å². The molecule has 0 radical (unpaired) electrons. The second-order valence-electron chi connectivity index (χ2n) is 3.49. The molecular formula is C10H8N4O4S. The van der Waals surface area contributed by atoms with Crippen LogP contribution < -0.4 is 11.1 Å². The van der Waals surface area contributed by atoms with Crippen LogP contribution in [-0.4, -0.2) is 30.8 Å². The Bertz CT molecular complexity index is 734. The van der Waals surface area contributed by atoms with Crippen LogP contribution in [0.2, 0.25) is 0 Å². The lowest BCUT2D eigenvalue weighted by Crippen LogP contribution is -2.33. The highest BCUT2D eigenvalue weighted by molar-refractivity contribution is 7.99. The number of pyridine rings is 1. The maximum absolute atomic E-state index is 11.2. The van der Waals surface area contributed by atoms with Crippen LogP contribution in [-0.2, 0) is 7.05 Å². The van der Waals surface area contributed by atoms with Gasteiger partial charge < -0.3 is 5.11 Å². The number of carboxylic acid groups (broad SMARTS) is 1. The van der Waals surface area contributed by atoms with E-state index >= 15 is 0 Å². The number of hydrogen-bond donors (Lipinski definition) is 2. The molecule has 98 valence electrons. The van der Waals surface area contributed by atoms with E-state index in [-0.39, 0.29) is 10.9 Å². The number of carbonyl (C=O) groups is 1. The van der Waals surface area contributed by atoms with Crippen LogP contribution in [0.5, 0.6) is 0 Å². The molecule has 8 nitrogen and oxygen atoms in total. The van der Waals surface area contributed by atoms with Gasteiger partial charge in [-0.05, 0) is 23.9 Å². The topological polar surface area (TPSA) is 118 Å². The number of nitrogens with one attached hydrogen (secondary N) is 1. The lowest BCUT2D eigenvalue weighted by atomic mass is 10.4. The van der Waals surface area contributed by atoms with Crippen molar-refractivity contribution in [2.75, 3.05) is 0 Å². The Hall–Kier alpha value is -2.42. The molecular weight excluding hydrogens is 272 g/mol. The molecule has 0 atom stereocenters. The average molecular weight is 280 g/mol. The first kappa shape index (κ1) is 13.0. The summed E-state index contributed by atoms with van der Waals surface area (Å²) >= 11 is 1.08. The molecule has 0 fully saturated rings. The maximum Gasteiger partial charge on any atom is 0.354 e. The minimum absolute atomic E-state index is 0.0762. The molecule has 0 aromatic carbocycles. The van der Waals surface area contributed by atoms with E-state index in [1.807, 2.05) is 0 Å². The fourth-order valence-electron chi connectivity index (χ4n) is 1.22. The number of H-pyrrole nitrogens is 1. The van der Waals surface area contributed by atoms with Crippen LogP contribution in [0, 0.1) is 0 Å². The standard InChI is InChI=1S/C10H8N4O4S/c1-14-10(12-7(15)8(16)13-14)19-5-2-3-6(9(17)18)11-4-5/h2-4H,1H3,(H,13,16)(H,17,18). The number of aromatic nitrogens is 4. The van der Waals surface area contributed by atoms with Crippen molar-refractivity contribution in [2.24, 2.45) is 7.05 Å². The Balaban J connectivity index is 2.31. The van der Waals surface area contributed by atoms with Gasteiger partial charge in [-0.25, -0.2) is 9.78 Å². The average Bonchev–Trinajstić information content (AvgIpc) is 2.36. The van der Waals surface area contributed by atoms with Crippen molar-refractivity contribution in [3.63, 3.8) is 0 Å². The highest BCUT2D eigenvalue weighted by atomic mass is 32.2. The number of aryl methyl sites for hydroxylation is 1. The monoisotopic (exact) mass is 280 g/mol. The predicted molar refractivity (Wildman–Crippen MR) is 65.4 cm³/mol. The summed E-state index contributed by atoms with van der Waals surface area (Å²) in [5.41, 5.74) is -1.76. The van der Waals surface area contributed by atoms with Gasteiger partial charge in [0.2, 0.25) is 0 Å². The molecule has 2 aromatic heterocycles. The number of aromatic amines is 1. The molecule has 0 unspecified atom stereocenters. The Morgan fingerprint density at radius 2 is 2.16 bits per heavy atom. The number of hydrogen-bond acceptors (Lipinski definition) is 6. The number of aromatic carboxylic acids is 1. The predicted octanol–water partition coefficient (Wildman–Crippen LogP) is -0.287. The molecule has 0 spiro atoms. The Morgan fingerprint density at radius 1 is 1.42 bits per heavy atom. The summed E-state index contributed by atoms with van der Waals surface area (Å²) in [4.78, 5) is 40.8. The van der Waals surface area contributed by atoms with Crippen molar-refractivity contribution < 1.29 is 9.90 Å². The molecule has 0 amide bonds. The van der Waals surface area contributed by atoms with Crippen molar-refractivity contribution in [1.82, 2.24) is 19.7 Å². The highest BCUT2D eigenvalue weighted by Crippen LogP contribution is 2.23. The van der Waals surface area contributed by atoms with Gasteiger partial charge in [0.1, 0.15) is 5.69 Å². The summed E-state index contributed by atoms with van der Waals surface area (Å²) in [5.74, 6) is -1.12. The third kappa shape index (κ3) is 2.88. The smallest absolute Gasteiger partial charge is 0.354 e. The quantitative estimate of drug-likeness (QED) is 0.742. The van der Waals surface area contributed by atoms with Gasteiger partial charge in [0.25, 0.3) is 0 Å². The van der Waals surface area contributed by atoms with E-state index in [4.69, 9.17) is 5.11 Å². The molecule has 2 aromatic rings. The maximum atomic E-state index is 11.2. The number of rotatable bonds is 3. The molecule has 19 heavy (non-hydrogen) atoms. The highest BCUT2D eigenvalue weighted by Gasteiger charge is 2.08. The SMILES string of the molecule is Cn1[nH]c(=O)c(=O)nc1Sc1ccc(C(=O)O)nc1. The molecule has 2 N–H and O–H groups in total. The van der Waals surface area contributed by atoms with Crippen LogP contribution in [0.25, 0.3) is 0 Å². The lowest BCUT2D eigenvalue weighted by Gasteiger charge is -2.05. The first-order valence-electron chi connectivity index (χ1n) is 5.02. The Morgan fingerprint density at radius 3 is 2.74 bits per heavy atom. The summed E-state index contributed by atoms with van der Waals surface area (Å²) in [7, 11) is 1.54. The van der Waals surface area contributed by atoms with Crippen LogP contribution in [0.4, 0.5) is 0 Å². The third-order valence-electron chi connectivity index (χ3n) is 2.11. The van der Waals surface area contributed by atoms with Crippen molar-refractivity contribution in [2.45, 2.75) is 10.1 Å².